The monoisotopic (exact) mass is 296 g/mol. The molecule has 1 fully saturated rings. The molecule has 1 aromatic heterocycles. The Bertz CT molecular complexity index is 489. The summed E-state index contributed by atoms with van der Waals surface area (Å²) in [5.74, 6) is -0.834. The van der Waals surface area contributed by atoms with E-state index in [9.17, 15) is 9.59 Å². The molecule has 1 aliphatic rings. The molecular formula is C14H20N2O3S. The van der Waals surface area contributed by atoms with E-state index in [1.165, 1.54) is 5.56 Å². The molecule has 0 spiro atoms. The molecule has 2 unspecified atom stereocenters. The zero-order valence-corrected chi connectivity index (χ0v) is 12.6. The summed E-state index contributed by atoms with van der Waals surface area (Å²) in [5, 5.41) is 16.2. The number of likely N-dealkylation sites (tertiary alicyclic amines) is 1. The number of aliphatic carboxylic acids is 1. The molecule has 2 N–H and O–H groups in total. The van der Waals surface area contributed by atoms with Crippen LogP contribution in [0.3, 0.4) is 0 Å². The van der Waals surface area contributed by atoms with Crippen LogP contribution in [0.25, 0.3) is 0 Å². The number of nitrogens with zero attached hydrogens (tertiary/aromatic N) is 1. The van der Waals surface area contributed by atoms with E-state index in [0.29, 0.717) is 13.0 Å². The maximum atomic E-state index is 12.1. The second-order valence-electron chi connectivity index (χ2n) is 5.72. The lowest BCUT2D eigenvalue weighted by molar-refractivity contribution is -0.146. The van der Waals surface area contributed by atoms with Crippen molar-refractivity contribution in [2.24, 2.45) is 5.41 Å². The maximum Gasteiger partial charge on any atom is 0.317 e. The molecule has 2 amide bonds. The Hall–Kier alpha value is -1.56. The third-order valence-electron chi connectivity index (χ3n) is 3.77. The van der Waals surface area contributed by atoms with Gasteiger partial charge in [0, 0.05) is 19.1 Å². The summed E-state index contributed by atoms with van der Waals surface area (Å²) < 4.78 is 0. The Labute approximate surface area is 122 Å². The van der Waals surface area contributed by atoms with Gasteiger partial charge in [0.1, 0.15) is 0 Å². The van der Waals surface area contributed by atoms with Gasteiger partial charge in [-0.2, -0.15) is 11.3 Å². The van der Waals surface area contributed by atoms with Crippen LogP contribution in [0.15, 0.2) is 16.8 Å². The number of urea groups is 1. The Morgan fingerprint density at radius 2 is 2.35 bits per heavy atom. The van der Waals surface area contributed by atoms with E-state index in [1.807, 2.05) is 18.4 Å². The van der Waals surface area contributed by atoms with Crippen LogP contribution in [-0.4, -0.2) is 41.1 Å². The Morgan fingerprint density at radius 3 is 2.90 bits per heavy atom. The fourth-order valence-electron chi connectivity index (χ4n) is 2.42. The average molecular weight is 296 g/mol. The smallest absolute Gasteiger partial charge is 0.317 e. The van der Waals surface area contributed by atoms with E-state index in [1.54, 1.807) is 23.2 Å². The Morgan fingerprint density at radius 1 is 1.60 bits per heavy atom. The summed E-state index contributed by atoms with van der Waals surface area (Å²) in [6.07, 6.45) is 1.30. The van der Waals surface area contributed by atoms with Gasteiger partial charge in [0.2, 0.25) is 0 Å². The molecule has 110 valence electrons. The summed E-state index contributed by atoms with van der Waals surface area (Å²) in [6, 6.07) is 1.91. The molecule has 2 heterocycles. The summed E-state index contributed by atoms with van der Waals surface area (Å²) >= 11 is 1.64. The molecular weight excluding hydrogens is 276 g/mol. The number of rotatable bonds is 4. The van der Waals surface area contributed by atoms with E-state index in [2.05, 4.69) is 10.7 Å². The topological polar surface area (TPSA) is 69.6 Å². The highest BCUT2D eigenvalue weighted by Crippen LogP contribution is 2.30. The van der Waals surface area contributed by atoms with Crippen LogP contribution in [-0.2, 0) is 11.2 Å². The molecule has 5 nitrogen and oxygen atoms in total. The van der Waals surface area contributed by atoms with Crippen molar-refractivity contribution in [1.82, 2.24) is 10.2 Å². The predicted molar refractivity (Wildman–Crippen MR) is 77.9 cm³/mol. The lowest BCUT2D eigenvalue weighted by Crippen LogP contribution is -2.44. The first-order valence-electron chi connectivity index (χ1n) is 6.70. The van der Waals surface area contributed by atoms with Crippen molar-refractivity contribution in [3.05, 3.63) is 22.4 Å². The quantitative estimate of drug-likeness (QED) is 0.894. The average Bonchev–Trinajstić information content (AvgIpc) is 2.99. The van der Waals surface area contributed by atoms with Crippen LogP contribution in [0.5, 0.6) is 0 Å². The number of carboxylic acid groups (broad SMARTS) is 1. The zero-order valence-electron chi connectivity index (χ0n) is 11.8. The van der Waals surface area contributed by atoms with Crippen molar-refractivity contribution in [2.75, 3.05) is 13.1 Å². The fourth-order valence-corrected chi connectivity index (χ4v) is 3.11. The molecule has 0 bridgehead atoms. The summed E-state index contributed by atoms with van der Waals surface area (Å²) in [5.41, 5.74) is 0.396. The van der Waals surface area contributed by atoms with Crippen molar-refractivity contribution in [2.45, 2.75) is 32.7 Å². The van der Waals surface area contributed by atoms with E-state index in [-0.39, 0.29) is 18.6 Å². The van der Waals surface area contributed by atoms with Crippen LogP contribution in [0, 0.1) is 5.41 Å². The van der Waals surface area contributed by atoms with Gasteiger partial charge in [-0.25, -0.2) is 4.79 Å². The van der Waals surface area contributed by atoms with Crippen molar-refractivity contribution < 1.29 is 14.7 Å². The molecule has 2 atom stereocenters. The second kappa shape index (κ2) is 5.83. The van der Waals surface area contributed by atoms with Crippen molar-refractivity contribution in [3.63, 3.8) is 0 Å². The predicted octanol–water partition coefficient (Wildman–Crippen LogP) is 2.19. The number of thiophene rings is 1. The van der Waals surface area contributed by atoms with Crippen LogP contribution in [0.4, 0.5) is 4.79 Å². The van der Waals surface area contributed by atoms with Gasteiger partial charge in [0.25, 0.3) is 0 Å². The van der Waals surface area contributed by atoms with Crippen molar-refractivity contribution in [1.29, 1.82) is 0 Å². The van der Waals surface area contributed by atoms with Crippen molar-refractivity contribution in [3.8, 4) is 0 Å². The minimum Gasteiger partial charge on any atom is -0.481 e. The van der Waals surface area contributed by atoms with Gasteiger partial charge in [-0.3, -0.25) is 4.79 Å². The van der Waals surface area contributed by atoms with Crippen LogP contribution in [0.2, 0.25) is 0 Å². The van der Waals surface area contributed by atoms with Gasteiger partial charge >= 0.3 is 12.0 Å². The van der Waals surface area contributed by atoms with Gasteiger partial charge in [0.05, 0.1) is 5.41 Å². The molecule has 2 rings (SSSR count). The number of amides is 2. The van der Waals surface area contributed by atoms with Crippen LogP contribution >= 0.6 is 11.3 Å². The molecule has 0 radical (unpaired) electrons. The van der Waals surface area contributed by atoms with Gasteiger partial charge in [0.15, 0.2) is 0 Å². The van der Waals surface area contributed by atoms with Crippen LogP contribution in [0.1, 0.15) is 25.8 Å². The standard InChI is InChI=1S/C14H20N2O3S/c1-10(7-11-3-6-20-8-11)15-13(19)16-5-4-14(2,9-16)12(17)18/h3,6,8,10H,4-5,7,9H2,1-2H3,(H,15,19)(H,17,18). The highest BCUT2D eigenvalue weighted by molar-refractivity contribution is 7.07. The van der Waals surface area contributed by atoms with Gasteiger partial charge in [-0.05, 0) is 49.1 Å². The molecule has 20 heavy (non-hydrogen) atoms. The Kier molecular flexibility index (Phi) is 4.32. The van der Waals surface area contributed by atoms with Crippen LogP contribution < -0.4 is 5.32 Å². The summed E-state index contributed by atoms with van der Waals surface area (Å²) in [4.78, 5) is 24.9. The van der Waals surface area contributed by atoms with Gasteiger partial charge in [-0.1, -0.05) is 0 Å². The first-order chi connectivity index (χ1) is 9.40. The molecule has 6 heteroatoms. The highest BCUT2D eigenvalue weighted by atomic mass is 32.1. The third-order valence-corrected chi connectivity index (χ3v) is 4.50. The lowest BCUT2D eigenvalue weighted by atomic mass is 9.90. The zero-order chi connectivity index (χ0) is 14.8. The SMILES string of the molecule is CC(Cc1ccsc1)NC(=O)N1CCC(C)(C(=O)O)C1. The third kappa shape index (κ3) is 3.30. The molecule has 0 saturated carbocycles. The summed E-state index contributed by atoms with van der Waals surface area (Å²) in [7, 11) is 0. The number of carbonyl (C=O) groups excluding carboxylic acids is 1. The first kappa shape index (κ1) is 14.8. The lowest BCUT2D eigenvalue weighted by Gasteiger charge is -2.22. The largest absolute Gasteiger partial charge is 0.481 e. The van der Waals surface area contributed by atoms with Gasteiger partial charge in [-0.15, -0.1) is 0 Å². The highest BCUT2D eigenvalue weighted by Gasteiger charge is 2.42. The van der Waals surface area contributed by atoms with Crippen molar-refractivity contribution >= 4 is 23.3 Å². The molecule has 0 aromatic carbocycles. The maximum absolute atomic E-state index is 12.1. The molecule has 1 aromatic rings. The van der Waals surface area contributed by atoms with E-state index in [0.717, 1.165) is 6.42 Å². The fraction of sp³-hybridized carbons (Fsp3) is 0.571. The summed E-state index contributed by atoms with van der Waals surface area (Å²) in [6.45, 7) is 4.43. The van der Waals surface area contributed by atoms with E-state index >= 15 is 0 Å². The Balaban J connectivity index is 1.85. The number of hydrogen-bond donors (Lipinski definition) is 2. The number of nitrogens with one attached hydrogen (secondary N) is 1. The number of carboxylic acids is 1. The van der Waals surface area contributed by atoms with Gasteiger partial charge < -0.3 is 15.3 Å². The minimum atomic E-state index is -0.834. The second-order valence-corrected chi connectivity index (χ2v) is 6.50. The minimum absolute atomic E-state index is 0.0359. The van der Waals surface area contributed by atoms with E-state index in [4.69, 9.17) is 5.11 Å². The normalized spacial score (nSPS) is 23.6. The molecule has 1 aliphatic heterocycles. The number of hydrogen-bond acceptors (Lipinski definition) is 3. The molecule has 0 aliphatic carbocycles. The number of carbonyl (C=O) groups is 2. The first-order valence-corrected chi connectivity index (χ1v) is 7.65. The van der Waals surface area contributed by atoms with E-state index < -0.39 is 11.4 Å². The molecule has 1 saturated heterocycles.